The number of pyridine rings is 1. The molecule has 0 amide bonds. The zero-order valence-corrected chi connectivity index (χ0v) is 17.5. The second kappa shape index (κ2) is 9.04. The van der Waals surface area contributed by atoms with Crippen molar-refractivity contribution in [3.63, 3.8) is 0 Å². The summed E-state index contributed by atoms with van der Waals surface area (Å²) in [6, 6.07) is 11.2. The molecule has 12 heteroatoms. The SMILES string of the molecule is O=[N+]([O-])c1ccc(Cl)c(C(=S)Nc2ccc(Nc3ncc(C(F)(F)F)cc3Cl)cc2)c1. The molecule has 6 nitrogen and oxygen atoms in total. The molecule has 0 aliphatic carbocycles. The molecule has 0 bridgehead atoms. The van der Waals surface area contributed by atoms with Crippen LogP contribution in [0.5, 0.6) is 0 Å². The van der Waals surface area contributed by atoms with E-state index in [0.29, 0.717) is 23.1 Å². The minimum Gasteiger partial charge on any atom is -0.346 e. The summed E-state index contributed by atoms with van der Waals surface area (Å²) >= 11 is 17.3. The van der Waals surface area contributed by atoms with Gasteiger partial charge in [-0.05, 0) is 36.4 Å². The Kier molecular flexibility index (Phi) is 6.63. The third-order valence-electron chi connectivity index (χ3n) is 3.98. The van der Waals surface area contributed by atoms with Crippen LogP contribution in [0.15, 0.2) is 54.7 Å². The molecular formula is C19H11Cl2F3N4O2S. The summed E-state index contributed by atoms with van der Waals surface area (Å²) in [5.74, 6) is 0.0641. The Labute approximate surface area is 189 Å². The summed E-state index contributed by atoms with van der Waals surface area (Å²) in [5, 5.41) is 16.8. The molecular weight excluding hydrogens is 476 g/mol. The lowest BCUT2D eigenvalue weighted by atomic mass is 10.2. The van der Waals surface area contributed by atoms with Crippen LogP contribution < -0.4 is 10.6 Å². The van der Waals surface area contributed by atoms with E-state index < -0.39 is 16.7 Å². The maximum atomic E-state index is 12.7. The van der Waals surface area contributed by atoms with Crippen LogP contribution >= 0.6 is 35.4 Å². The van der Waals surface area contributed by atoms with Crippen LogP contribution in [0.2, 0.25) is 10.0 Å². The molecule has 0 spiro atoms. The van der Waals surface area contributed by atoms with Crippen molar-refractivity contribution in [3.8, 4) is 0 Å². The number of nitrogens with one attached hydrogen (secondary N) is 2. The molecule has 3 rings (SSSR count). The number of thiocarbonyl (C=S) groups is 1. The molecule has 0 unspecified atom stereocenters. The second-order valence-corrected chi connectivity index (χ2v) is 7.35. The van der Waals surface area contributed by atoms with Gasteiger partial charge in [-0.1, -0.05) is 35.4 Å². The maximum absolute atomic E-state index is 12.7. The molecule has 3 aromatic rings. The van der Waals surface area contributed by atoms with E-state index in [-0.39, 0.29) is 26.5 Å². The highest BCUT2D eigenvalue weighted by atomic mass is 35.5. The highest BCUT2D eigenvalue weighted by molar-refractivity contribution is 7.81. The molecule has 0 atom stereocenters. The Morgan fingerprint density at radius 2 is 1.68 bits per heavy atom. The first-order valence-electron chi connectivity index (χ1n) is 8.40. The van der Waals surface area contributed by atoms with Crippen molar-refractivity contribution in [1.82, 2.24) is 4.98 Å². The largest absolute Gasteiger partial charge is 0.417 e. The third-order valence-corrected chi connectivity index (χ3v) is 4.92. The standard InChI is InChI=1S/C19H11Cl2F3N4O2S/c20-15-6-5-13(28(29)30)8-14(15)18(31)27-12-3-1-11(2-4-12)26-17-16(21)7-10(9-25-17)19(22,23)24/h1-9H,(H,25,26)(H,27,31). The van der Waals surface area contributed by atoms with E-state index in [9.17, 15) is 23.3 Å². The molecule has 0 saturated carbocycles. The van der Waals surface area contributed by atoms with Crippen LogP contribution in [0, 0.1) is 10.1 Å². The van der Waals surface area contributed by atoms with Crippen LogP contribution in [0.4, 0.5) is 36.1 Å². The maximum Gasteiger partial charge on any atom is 0.417 e. The third kappa shape index (κ3) is 5.60. The van der Waals surface area contributed by atoms with Crippen molar-refractivity contribution in [3.05, 3.63) is 86.0 Å². The fourth-order valence-corrected chi connectivity index (χ4v) is 3.23. The van der Waals surface area contributed by atoms with Gasteiger partial charge >= 0.3 is 6.18 Å². The molecule has 2 aromatic carbocycles. The molecule has 160 valence electrons. The van der Waals surface area contributed by atoms with E-state index in [4.69, 9.17) is 35.4 Å². The van der Waals surface area contributed by atoms with Crippen LogP contribution in [-0.4, -0.2) is 14.9 Å². The van der Waals surface area contributed by atoms with Gasteiger partial charge in [0.1, 0.15) is 10.8 Å². The Balaban J connectivity index is 1.72. The van der Waals surface area contributed by atoms with Crippen LogP contribution in [0.1, 0.15) is 11.1 Å². The van der Waals surface area contributed by atoms with E-state index in [1.165, 1.54) is 18.2 Å². The number of hydrogen-bond acceptors (Lipinski definition) is 5. The predicted molar refractivity (Wildman–Crippen MR) is 117 cm³/mol. The topological polar surface area (TPSA) is 80.1 Å². The van der Waals surface area contributed by atoms with Gasteiger partial charge in [0, 0.05) is 35.3 Å². The number of benzene rings is 2. The summed E-state index contributed by atoms with van der Waals surface area (Å²) < 4.78 is 38.1. The smallest absolute Gasteiger partial charge is 0.346 e. The molecule has 1 aromatic heterocycles. The van der Waals surface area contributed by atoms with Crippen LogP contribution in [0.25, 0.3) is 0 Å². The summed E-state index contributed by atoms with van der Waals surface area (Å²) in [5.41, 5.74) is 0.275. The van der Waals surface area contributed by atoms with Crippen molar-refractivity contribution < 1.29 is 18.1 Å². The van der Waals surface area contributed by atoms with Gasteiger partial charge in [-0.15, -0.1) is 0 Å². The minimum atomic E-state index is -4.54. The number of nitro benzene ring substituents is 1. The monoisotopic (exact) mass is 486 g/mol. The van der Waals surface area contributed by atoms with E-state index in [1.54, 1.807) is 24.3 Å². The van der Waals surface area contributed by atoms with E-state index in [0.717, 1.165) is 6.07 Å². The average Bonchev–Trinajstić information content (AvgIpc) is 2.70. The van der Waals surface area contributed by atoms with Crippen LogP contribution in [-0.2, 0) is 6.18 Å². The van der Waals surface area contributed by atoms with Gasteiger partial charge in [0.2, 0.25) is 0 Å². The van der Waals surface area contributed by atoms with Crippen molar-refractivity contribution in [2.45, 2.75) is 6.18 Å². The highest BCUT2D eigenvalue weighted by Gasteiger charge is 2.31. The van der Waals surface area contributed by atoms with Crippen molar-refractivity contribution >= 4 is 63.3 Å². The first-order valence-corrected chi connectivity index (χ1v) is 9.56. The zero-order valence-electron chi connectivity index (χ0n) is 15.2. The summed E-state index contributed by atoms with van der Waals surface area (Å²) in [7, 11) is 0. The molecule has 1 heterocycles. The molecule has 0 radical (unpaired) electrons. The predicted octanol–water partition coefficient (Wildman–Crippen LogP) is 6.85. The summed E-state index contributed by atoms with van der Waals surface area (Å²) in [6.45, 7) is 0. The summed E-state index contributed by atoms with van der Waals surface area (Å²) in [4.78, 5) is 14.3. The first kappa shape index (κ1) is 22.7. The lowest BCUT2D eigenvalue weighted by molar-refractivity contribution is -0.384. The van der Waals surface area contributed by atoms with Gasteiger partial charge in [0.25, 0.3) is 5.69 Å². The molecule has 0 aliphatic rings. The molecule has 2 N–H and O–H groups in total. The van der Waals surface area contributed by atoms with Gasteiger partial charge < -0.3 is 10.6 Å². The normalized spacial score (nSPS) is 11.1. The zero-order chi connectivity index (χ0) is 22.8. The van der Waals surface area contributed by atoms with E-state index in [2.05, 4.69) is 15.6 Å². The van der Waals surface area contributed by atoms with E-state index >= 15 is 0 Å². The van der Waals surface area contributed by atoms with Gasteiger partial charge in [-0.2, -0.15) is 13.2 Å². The molecule has 0 fully saturated rings. The Bertz CT molecular complexity index is 1160. The number of halogens is 5. The number of hydrogen-bond donors (Lipinski definition) is 2. The van der Waals surface area contributed by atoms with Crippen molar-refractivity contribution in [2.24, 2.45) is 0 Å². The number of nitrogens with zero attached hydrogens (tertiary/aromatic N) is 2. The molecule has 0 aliphatic heterocycles. The van der Waals surface area contributed by atoms with Crippen molar-refractivity contribution in [2.75, 3.05) is 10.6 Å². The van der Waals surface area contributed by atoms with Gasteiger partial charge in [0.05, 0.1) is 20.5 Å². The number of alkyl halides is 3. The molecule has 0 saturated heterocycles. The minimum absolute atomic E-state index is 0.0641. The Morgan fingerprint density at radius 3 is 2.26 bits per heavy atom. The van der Waals surface area contributed by atoms with Crippen molar-refractivity contribution in [1.29, 1.82) is 0 Å². The first-order chi connectivity index (χ1) is 14.5. The highest BCUT2D eigenvalue weighted by Crippen LogP contribution is 2.33. The summed E-state index contributed by atoms with van der Waals surface area (Å²) in [6.07, 6.45) is -3.85. The number of non-ortho nitro benzene ring substituents is 1. The van der Waals surface area contributed by atoms with Gasteiger partial charge in [-0.3, -0.25) is 10.1 Å². The lowest BCUT2D eigenvalue weighted by Gasteiger charge is -2.12. The van der Waals surface area contributed by atoms with E-state index in [1.807, 2.05) is 0 Å². The number of anilines is 3. The fourth-order valence-electron chi connectivity index (χ4n) is 2.46. The van der Waals surface area contributed by atoms with Gasteiger partial charge in [-0.25, -0.2) is 4.98 Å². The Morgan fingerprint density at radius 1 is 1.03 bits per heavy atom. The average molecular weight is 487 g/mol. The van der Waals surface area contributed by atoms with Crippen LogP contribution in [0.3, 0.4) is 0 Å². The number of aromatic nitrogens is 1. The Hall–Kier alpha value is -2.95. The number of nitro groups is 1. The van der Waals surface area contributed by atoms with Gasteiger partial charge in [0.15, 0.2) is 0 Å². The molecule has 31 heavy (non-hydrogen) atoms. The quantitative estimate of drug-likeness (QED) is 0.233. The number of rotatable bonds is 5. The lowest BCUT2D eigenvalue weighted by Crippen LogP contribution is -2.11. The second-order valence-electron chi connectivity index (χ2n) is 6.13. The fraction of sp³-hybridized carbons (Fsp3) is 0.0526.